The van der Waals surface area contributed by atoms with Crippen LogP contribution in [0.25, 0.3) is 0 Å². The second-order valence-electron chi connectivity index (χ2n) is 4.94. The minimum absolute atomic E-state index is 0.482. The Bertz CT molecular complexity index is 375. The molecule has 0 saturated heterocycles. The van der Waals surface area contributed by atoms with Crippen LogP contribution in [-0.2, 0) is 0 Å². The highest BCUT2D eigenvalue weighted by atomic mass is 35.5. The van der Waals surface area contributed by atoms with E-state index in [1.54, 1.807) is 0 Å². The van der Waals surface area contributed by atoms with Crippen molar-refractivity contribution in [2.45, 2.75) is 31.9 Å². The van der Waals surface area contributed by atoms with E-state index in [2.05, 4.69) is 25.1 Å². The van der Waals surface area contributed by atoms with Gasteiger partial charge in [0.2, 0.25) is 0 Å². The van der Waals surface area contributed by atoms with Crippen molar-refractivity contribution in [3.63, 3.8) is 0 Å². The summed E-state index contributed by atoms with van der Waals surface area (Å²) < 4.78 is 0. The Hall–Kier alpha value is -0.220. The predicted octanol–water partition coefficient (Wildman–Crippen LogP) is 3.84. The first-order valence-electron chi connectivity index (χ1n) is 6.68. The minimum atomic E-state index is -0.482. The lowest BCUT2D eigenvalue weighted by Gasteiger charge is -2.25. The van der Waals surface area contributed by atoms with Gasteiger partial charge >= 0.3 is 0 Å². The molecule has 0 fully saturated rings. The minimum Gasteiger partial charge on any atom is -0.388 e. The van der Waals surface area contributed by atoms with Gasteiger partial charge in [0.1, 0.15) is 0 Å². The molecular formula is C15H24ClNOS. The lowest BCUT2D eigenvalue weighted by molar-refractivity contribution is 0.138. The average Bonchev–Trinajstić information content (AvgIpc) is 2.42. The van der Waals surface area contributed by atoms with Crippen LogP contribution in [0.1, 0.15) is 31.4 Å². The Morgan fingerprint density at radius 1 is 1.32 bits per heavy atom. The molecule has 2 nitrogen and oxygen atoms in total. The van der Waals surface area contributed by atoms with Gasteiger partial charge in [0.15, 0.2) is 0 Å². The average molecular weight is 302 g/mol. The first kappa shape index (κ1) is 16.8. The van der Waals surface area contributed by atoms with Crippen LogP contribution < -0.4 is 0 Å². The van der Waals surface area contributed by atoms with E-state index < -0.39 is 6.10 Å². The van der Waals surface area contributed by atoms with E-state index in [0.717, 1.165) is 12.1 Å². The van der Waals surface area contributed by atoms with Gasteiger partial charge in [0.25, 0.3) is 0 Å². The van der Waals surface area contributed by atoms with Crippen LogP contribution in [0, 0.1) is 0 Å². The van der Waals surface area contributed by atoms with Crippen molar-refractivity contribution in [3.8, 4) is 0 Å². The van der Waals surface area contributed by atoms with Crippen LogP contribution in [0.5, 0.6) is 0 Å². The number of benzene rings is 1. The van der Waals surface area contributed by atoms with E-state index in [4.69, 9.17) is 11.6 Å². The number of hydrogen-bond acceptors (Lipinski definition) is 3. The quantitative estimate of drug-likeness (QED) is 0.789. The second kappa shape index (κ2) is 8.85. The van der Waals surface area contributed by atoms with E-state index in [1.165, 1.54) is 12.2 Å². The van der Waals surface area contributed by atoms with Crippen molar-refractivity contribution in [1.82, 2.24) is 4.90 Å². The van der Waals surface area contributed by atoms with Gasteiger partial charge in [-0.2, -0.15) is 11.8 Å². The smallest absolute Gasteiger partial charge is 0.0816 e. The summed E-state index contributed by atoms with van der Waals surface area (Å²) in [6.07, 6.45) is 3.54. The van der Waals surface area contributed by atoms with Gasteiger partial charge in [-0.1, -0.05) is 29.8 Å². The maximum atomic E-state index is 10.2. The third kappa shape index (κ3) is 5.74. The van der Waals surface area contributed by atoms with E-state index in [0.29, 0.717) is 17.5 Å². The Balaban J connectivity index is 2.41. The lowest BCUT2D eigenvalue weighted by Crippen LogP contribution is -2.31. The molecule has 1 aromatic rings. The molecule has 19 heavy (non-hydrogen) atoms. The summed E-state index contributed by atoms with van der Waals surface area (Å²) in [5.41, 5.74) is 0.828. The third-order valence-electron chi connectivity index (χ3n) is 3.51. The Labute approximate surface area is 126 Å². The van der Waals surface area contributed by atoms with E-state index >= 15 is 0 Å². The molecule has 0 spiro atoms. The number of hydrogen-bond donors (Lipinski definition) is 1. The third-order valence-corrected chi connectivity index (χ3v) is 4.50. The maximum absolute atomic E-state index is 10.2. The van der Waals surface area contributed by atoms with Gasteiger partial charge in [-0.25, -0.2) is 0 Å². The Morgan fingerprint density at radius 2 is 2.00 bits per heavy atom. The molecule has 0 amide bonds. The highest BCUT2D eigenvalue weighted by Gasteiger charge is 2.14. The molecule has 0 radical (unpaired) electrons. The lowest BCUT2D eigenvalue weighted by atomic mass is 10.1. The number of rotatable bonds is 8. The molecule has 0 aliphatic rings. The van der Waals surface area contributed by atoms with E-state index in [9.17, 15) is 5.11 Å². The van der Waals surface area contributed by atoms with Crippen molar-refractivity contribution in [2.24, 2.45) is 0 Å². The molecule has 4 heteroatoms. The molecule has 0 heterocycles. The zero-order valence-corrected chi connectivity index (χ0v) is 13.5. The fourth-order valence-electron chi connectivity index (χ4n) is 1.96. The van der Waals surface area contributed by atoms with Crippen molar-refractivity contribution >= 4 is 23.4 Å². The van der Waals surface area contributed by atoms with E-state index in [-0.39, 0.29) is 0 Å². The van der Waals surface area contributed by atoms with Gasteiger partial charge in [0, 0.05) is 17.6 Å². The maximum Gasteiger partial charge on any atom is 0.0816 e. The summed E-state index contributed by atoms with van der Waals surface area (Å²) in [7, 11) is 2.12. The number of halogens is 1. The fourth-order valence-corrected chi connectivity index (χ4v) is 2.79. The first-order chi connectivity index (χ1) is 9.06. The first-order valence-corrected chi connectivity index (χ1v) is 8.45. The zero-order valence-electron chi connectivity index (χ0n) is 12.0. The summed E-state index contributed by atoms with van der Waals surface area (Å²) >= 11 is 7.97. The molecule has 2 unspecified atom stereocenters. The molecule has 0 aromatic heterocycles. The number of aliphatic hydroxyl groups is 1. The Kier molecular flexibility index (Phi) is 7.84. The summed E-state index contributed by atoms with van der Waals surface area (Å²) in [4.78, 5) is 2.30. The van der Waals surface area contributed by atoms with Gasteiger partial charge < -0.3 is 10.0 Å². The van der Waals surface area contributed by atoms with Crippen molar-refractivity contribution < 1.29 is 5.11 Å². The summed E-state index contributed by atoms with van der Waals surface area (Å²) in [6, 6.07) is 8.06. The van der Waals surface area contributed by atoms with Gasteiger partial charge in [-0.3, -0.25) is 0 Å². The molecule has 1 rings (SSSR count). The van der Waals surface area contributed by atoms with Crippen molar-refractivity contribution in [2.75, 3.05) is 25.6 Å². The molecular weight excluding hydrogens is 278 g/mol. The second-order valence-corrected chi connectivity index (χ2v) is 6.33. The summed E-state index contributed by atoms with van der Waals surface area (Å²) in [6.45, 7) is 3.11. The highest BCUT2D eigenvalue weighted by Crippen LogP contribution is 2.25. The molecule has 108 valence electrons. The summed E-state index contributed by atoms with van der Waals surface area (Å²) in [5, 5.41) is 10.8. The van der Waals surface area contributed by atoms with Crippen molar-refractivity contribution in [3.05, 3.63) is 34.9 Å². The van der Waals surface area contributed by atoms with Crippen molar-refractivity contribution in [1.29, 1.82) is 0 Å². The normalized spacial score (nSPS) is 14.6. The molecule has 0 aliphatic carbocycles. The zero-order chi connectivity index (χ0) is 14.3. The molecule has 1 aromatic carbocycles. The largest absolute Gasteiger partial charge is 0.388 e. The molecule has 0 saturated carbocycles. The van der Waals surface area contributed by atoms with Gasteiger partial charge in [-0.15, -0.1) is 0 Å². The molecule has 0 bridgehead atoms. The Morgan fingerprint density at radius 3 is 2.63 bits per heavy atom. The predicted molar refractivity (Wildman–Crippen MR) is 86.1 cm³/mol. The van der Waals surface area contributed by atoms with Crippen LogP contribution in [0.15, 0.2) is 24.3 Å². The van der Waals surface area contributed by atoms with E-state index in [1.807, 2.05) is 36.0 Å². The van der Waals surface area contributed by atoms with Gasteiger partial charge in [0.05, 0.1) is 6.10 Å². The topological polar surface area (TPSA) is 23.5 Å². The van der Waals surface area contributed by atoms with Crippen LogP contribution in [0.4, 0.5) is 0 Å². The van der Waals surface area contributed by atoms with Gasteiger partial charge in [-0.05, 0) is 50.5 Å². The number of aliphatic hydroxyl groups excluding tert-OH is 1. The monoisotopic (exact) mass is 301 g/mol. The molecule has 0 aliphatic heterocycles. The van der Waals surface area contributed by atoms with Crippen LogP contribution in [0.3, 0.4) is 0 Å². The SMILES string of the molecule is CSCCC(C)N(C)CCC(O)c1ccccc1Cl. The molecule has 1 N–H and O–H groups in total. The fraction of sp³-hybridized carbons (Fsp3) is 0.600. The van der Waals surface area contributed by atoms with Crippen LogP contribution >= 0.6 is 23.4 Å². The standard InChI is InChI=1S/C15H24ClNOS/c1-12(9-11-19-3)17(2)10-8-15(18)13-6-4-5-7-14(13)16/h4-7,12,15,18H,8-11H2,1-3H3. The molecule has 2 atom stereocenters. The number of thioether (sulfide) groups is 1. The highest BCUT2D eigenvalue weighted by molar-refractivity contribution is 7.98. The van der Waals surface area contributed by atoms with Crippen LogP contribution in [0.2, 0.25) is 5.02 Å². The number of nitrogens with zero attached hydrogens (tertiary/aromatic N) is 1. The summed E-state index contributed by atoms with van der Waals surface area (Å²) in [5.74, 6) is 1.18. The van der Waals surface area contributed by atoms with Crippen LogP contribution in [-0.4, -0.2) is 41.6 Å².